The number of para-hydroxylation sites is 2. The third-order valence-electron chi connectivity index (χ3n) is 2.86. The molecule has 0 bridgehead atoms. The van der Waals surface area contributed by atoms with Crippen molar-refractivity contribution in [2.45, 2.75) is 6.92 Å². The first-order valence-electron chi connectivity index (χ1n) is 6.15. The first-order chi connectivity index (χ1) is 9.65. The van der Waals surface area contributed by atoms with Crippen molar-refractivity contribution in [3.05, 3.63) is 48.0 Å². The van der Waals surface area contributed by atoms with Gasteiger partial charge in [-0.25, -0.2) is 0 Å². The molecule has 104 valence electrons. The summed E-state index contributed by atoms with van der Waals surface area (Å²) in [4.78, 5) is 11.4. The van der Waals surface area contributed by atoms with Gasteiger partial charge in [0.2, 0.25) is 0 Å². The predicted octanol–water partition coefficient (Wildman–Crippen LogP) is 3.70. The lowest BCUT2D eigenvalue weighted by molar-refractivity contribution is 0.101. The predicted molar refractivity (Wildman–Crippen MR) is 76.1 cm³/mol. The average molecular weight is 272 g/mol. The lowest BCUT2D eigenvalue weighted by atomic mass is 10.1. The maximum Gasteiger partial charge on any atom is 0.169 e. The molecule has 0 atom stereocenters. The fourth-order valence-electron chi connectivity index (χ4n) is 1.79. The van der Waals surface area contributed by atoms with Crippen molar-refractivity contribution in [1.29, 1.82) is 0 Å². The molecule has 0 aliphatic rings. The molecule has 0 heterocycles. The number of carbonyl (C=O) groups is 1. The molecule has 0 unspecified atom stereocenters. The van der Waals surface area contributed by atoms with Crippen molar-refractivity contribution < 1.29 is 19.0 Å². The van der Waals surface area contributed by atoms with Crippen molar-refractivity contribution in [3.63, 3.8) is 0 Å². The maximum atomic E-state index is 11.4. The number of carbonyl (C=O) groups excluding carboxylic acids is 1. The molecule has 2 aromatic rings. The van der Waals surface area contributed by atoms with Crippen LogP contribution in [0, 0.1) is 0 Å². The minimum Gasteiger partial charge on any atom is -0.493 e. The van der Waals surface area contributed by atoms with Crippen molar-refractivity contribution in [2.24, 2.45) is 0 Å². The van der Waals surface area contributed by atoms with Gasteiger partial charge in [0.05, 0.1) is 14.2 Å². The first kappa shape index (κ1) is 13.9. The topological polar surface area (TPSA) is 44.8 Å². The van der Waals surface area contributed by atoms with Gasteiger partial charge in [0, 0.05) is 5.56 Å². The van der Waals surface area contributed by atoms with Gasteiger partial charge in [0.1, 0.15) is 0 Å². The number of hydrogen-bond acceptors (Lipinski definition) is 4. The van der Waals surface area contributed by atoms with Crippen molar-refractivity contribution >= 4 is 5.78 Å². The number of Topliss-reactive ketones (excluding diaryl/α,β-unsaturated/α-hetero) is 1. The molecule has 0 fully saturated rings. The molecule has 4 nitrogen and oxygen atoms in total. The van der Waals surface area contributed by atoms with Crippen LogP contribution in [0.5, 0.6) is 23.0 Å². The van der Waals surface area contributed by atoms with E-state index in [1.807, 2.05) is 18.2 Å². The summed E-state index contributed by atoms with van der Waals surface area (Å²) in [6.45, 7) is 1.51. The van der Waals surface area contributed by atoms with Gasteiger partial charge in [0.15, 0.2) is 28.8 Å². The van der Waals surface area contributed by atoms with E-state index in [-0.39, 0.29) is 5.78 Å². The minimum absolute atomic E-state index is 0.0212. The highest BCUT2D eigenvalue weighted by Crippen LogP contribution is 2.36. The van der Waals surface area contributed by atoms with Crippen molar-refractivity contribution in [3.8, 4) is 23.0 Å². The van der Waals surface area contributed by atoms with Crippen molar-refractivity contribution in [2.75, 3.05) is 14.2 Å². The SMILES string of the molecule is COc1ccccc1Oc1ccc(C(C)=O)cc1OC. The first-order valence-corrected chi connectivity index (χ1v) is 6.15. The van der Waals surface area contributed by atoms with E-state index in [0.29, 0.717) is 28.6 Å². The highest BCUT2D eigenvalue weighted by atomic mass is 16.5. The van der Waals surface area contributed by atoms with E-state index in [0.717, 1.165) is 0 Å². The molecule has 0 saturated heterocycles. The number of methoxy groups -OCH3 is 2. The summed E-state index contributed by atoms with van der Waals surface area (Å²) in [6, 6.07) is 12.4. The Hall–Kier alpha value is -2.49. The highest BCUT2D eigenvalue weighted by molar-refractivity contribution is 5.94. The van der Waals surface area contributed by atoms with E-state index in [1.165, 1.54) is 14.0 Å². The molecule has 2 rings (SSSR count). The molecule has 20 heavy (non-hydrogen) atoms. The fraction of sp³-hybridized carbons (Fsp3) is 0.188. The van der Waals surface area contributed by atoms with Crippen LogP contribution in [0.15, 0.2) is 42.5 Å². The molecule has 0 N–H and O–H groups in total. The normalized spacial score (nSPS) is 9.95. The molecule has 0 spiro atoms. The number of hydrogen-bond donors (Lipinski definition) is 0. The largest absolute Gasteiger partial charge is 0.493 e. The Kier molecular flexibility index (Phi) is 4.25. The van der Waals surface area contributed by atoms with Gasteiger partial charge in [0.25, 0.3) is 0 Å². The third kappa shape index (κ3) is 2.91. The minimum atomic E-state index is -0.0212. The molecule has 0 aromatic heterocycles. The van der Waals surface area contributed by atoms with Crippen LogP contribution in [0.2, 0.25) is 0 Å². The molecule has 0 amide bonds. The quantitative estimate of drug-likeness (QED) is 0.778. The van der Waals surface area contributed by atoms with E-state index in [2.05, 4.69) is 0 Å². The van der Waals surface area contributed by atoms with E-state index in [1.54, 1.807) is 31.4 Å². The third-order valence-corrected chi connectivity index (χ3v) is 2.86. The van der Waals surface area contributed by atoms with E-state index in [9.17, 15) is 4.79 Å². The van der Waals surface area contributed by atoms with Gasteiger partial charge in [-0.15, -0.1) is 0 Å². The molecular formula is C16H16O4. The number of benzene rings is 2. The summed E-state index contributed by atoms with van der Waals surface area (Å²) < 4.78 is 16.3. The lowest BCUT2D eigenvalue weighted by Gasteiger charge is -2.13. The van der Waals surface area contributed by atoms with Crippen LogP contribution in [-0.4, -0.2) is 20.0 Å². The van der Waals surface area contributed by atoms with E-state index >= 15 is 0 Å². The number of ketones is 1. The van der Waals surface area contributed by atoms with Crippen LogP contribution in [0.1, 0.15) is 17.3 Å². The molecular weight excluding hydrogens is 256 g/mol. The molecule has 0 radical (unpaired) electrons. The number of rotatable bonds is 5. The van der Waals surface area contributed by atoms with Crippen LogP contribution in [0.4, 0.5) is 0 Å². The fourth-order valence-corrected chi connectivity index (χ4v) is 1.79. The molecule has 4 heteroatoms. The Balaban J connectivity index is 2.36. The van der Waals surface area contributed by atoms with Gasteiger partial charge in [-0.2, -0.15) is 0 Å². The average Bonchev–Trinajstić information content (AvgIpc) is 2.48. The summed E-state index contributed by atoms with van der Waals surface area (Å²) in [5.41, 5.74) is 0.578. The maximum absolute atomic E-state index is 11.4. The molecule has 0 aliphatic heterocycles. The molecule has 0 saturated carbocycles. The summed E-state index contributed by atoms with van der Waals surface area (Å²) >= 11 is 0. The summed E-state index contributed by atoms with van der Waals surface area (Å²) in [5.74, 6) is 2.23. The Bertz CT molecular complexity index is 620. The van der Waals surface area contributed by atoms with Crippen molar-refractivity contribution in [1.82, 2.24) is 0 Å². The van der Waals surface area contributed by atoms with Gasteiger partial charge >= 0.3 is 0 Å². The monoisotopic (exact) mass is 272 g/mol. The van der Waals surface area contributed by atoms with Crippen LogP contribution < -0.4 is 14.2 Å². The van der Waals surface area contributed by atoms with Crippen LogP contribution in [0.3, 0.4) is 0 Å². The standard InChI is InChI=1S/C16H16O4/c1-11(17)12-8-9-15(16(10-12)19-3)20-14-7-5-4-6-13(14)18-2/h4-10H,1-3H3. The van der Waals surface area contributed by atoms with Gasteiger partial charge in [-0.05, 0) is 37.3 Å². The second-order valence-electron chi connectivity index (χ2n) is 4.17. The molecule has 0 aliphatic carbocycles. The van der Waals surface area contributed by atoms with Gasteiger partial charge < -0.3 is 14.2 Å². The Morgan fingerprint density at radius 3 is 2.05 bits per heavy atom. The number of ether oxygens (including phenoxy) is 3. The highest BCUT2D eigenvalue weighted by Gasteiger charge is 2.11. The van der Waals surface area contributed by atoms with Crippen LogP contribution in [-0.2, 0) is 0 Å². The summed E-state index contributed by atoms with van der Waals surface area (Å²) in [7, 11) is 3.12. The lowest BCUT2D eigenvalue weighted by Crippen LogP contribution is -1.96. The van der Waals surface area contributed by atoms with Gasteiger partial charge in [-0.1, -0.05) is 12.1 Å². The second kappa shape index (κ2) is 6.10. The molecule has 2 aromatic carbocycles. The second-order valence-corrected chi connectivity index (χ2v) is 4.17. The smallest absolute Gasteiger partial charge is 0.169 e. The Labute approximate surface area is 117 Å². The zero-order valence-electron chi connectivity index (χ0n) is 11.7. The van der Waals surface area contributed by atoms with E-state index < -0.39 is 0 Å². The Morgan fingerprint density at radius 2 is 1.45 bits per heavy atom. The zero-order valence-corrected chi connectivity index (χ0v) is 11.7. The van der Waals surface area contributed by atoms with Gasteiger partial charge in [-0.3, -0.25) is 4.79 Å². The Morgan fingerprint density at radius 1 is 0.850 bits per heavy atom. The van der Waals surface area contributed by atoms with Crippen LogP contribution >= 0.6 is 0 Å². The zero-order chi connectivity index (χ0) is 14.5. The van der Waals surface area contributed by atoms with Crippen LogP contribution in [0.25, 0.3) is 0 Å². The summed E-state index contributed by atoms with van der Waals surface area (Å²) in [5, 5.41) is 0. The summed E-state index contributed by atoms with van der Waals surface area (Å²) in [6.07, 6.45) is 0. The van der Waals surface area contributed by atoms with E-state index in [4.69, 9.17) is 14.2 Å².